The van der Waals surface area contributed by atoms with Crippen LogP contribution >= 0.6 is 7.82 Å². The smallest absolute Gasteiger partial charge is 0.306 e. The van der Waals surface area contributed by atoms with Gasteiger partial charge in [0.15, 0.2) is 0 Å². The summed E-state index contributed by atoms with van der Waals surface area (Å²) in [5, 5.41) is 3.02. The van der Waals surface area contributed by atoms with Gasteiger partial charge in [0.1, 0.15) is 19.3 Å². The minimum Gasteiger partial charge on any atom is -0.756 e. The highest BCUT2D eigenvalue weighted by atomic mass is 31.2. The lowest BCUT2D eigenvalue weighted by Gasteiger charge is -2.30. The predicted molar refractivity (Wildman–Crippen MR) is 357 cm³/mol. The summed E-state index contributed by atoms with van der Waals surface area (Å²) in [7, 11) is 1.15. The molecule has 478 valence electrons. The van der Waals surface area contributed by atoms with Crippen LogP contribution in [0.2, 0.25) is 0 Å². The molecule has 0 rings (SSSR count). The topological polar surface area (TPSA) is 114 Å². The number of likely N-dealkylation sites (N-methyl/N-ethyl adjacent to an activating group) is 1. The molecule has 0 heterocycles. The number of hydrogen-bond donors (Lipinski definition) is 1. The first-order chi connectivity index (χ1) is 40.4. The number of nitrogens with one attached hydrogen (secondary N) is 1. The monoisotopic (exact) mass is 1180 g/mol. The molecule has 0 saturated heterocycles. The molecule has 9 nitrogen and oxygen atoms in total. The van der Waals surface area contributed by atoms with Crippen LogP contribution in [0.15, 0.2) is 109 Å². The van der Waals surface area contributed by atoms with Crippen molar-refractivity contribution in [3.8, 4) is 0 Å². The van der Waals surface area contributed by atoms with E-state index in [0.717, 1.165) is 96.3 Å². The van der Waals surface area contributed by atoms with Crippen molar-refractivity contribution in [1.82, 2.24) is 5.32 Å². The van der Waals surface area contributed by atoms with Crippen LogP contribution < -0.4 is 10.2 Å². The van der Waals surface area contributed by atoms with E-state index in [9.17, 15) is 19.0 Å². The summed E-state index contributed by atoms with van der Waals surface area (Å²) in [6.45, 7) is 6.76. The lowest BCUT2D eigenvalue weighted by molar-refractivity contribution is -0.870. The van der Waals surface area contributed by atoms with E-state index in [2.05, 4.69) is 123 Å². The third-order valence-electron chi connectivity index (χ3n) is 14.7. The molecule has 0 aliphatic rings. The number of allylic oxidation sites excluding steroid dienone is 17. The average molecular weight is 1180 g/mol. The molecule has 0 saturated carbocycles. The molecule has 3 atom stereocenters. The third-order valence-corrected chi connectivity index (χ3v) is 15.6. The van der Waals surface area contributed by atoms with E-state index >= 15 is 0 Å². The quantitative estimate of drug-likeness (QED) is 0.0212. The Morgan fingerprint density at radius 3 is 1.14 bits per heavy atom. The molecule has 0 bridgehead atoms. The molecule has 3 unspecified atom stereocenters. The van der Waals surface area contributed by atoms with Gasteiger partial charge in [-0.05, 0) is 115 Å². The number of carbonyl (C=O) groups excluding carboxylic acids is 2. The van der Waals surface area contributed by atoms with Crippen molar-refractivity contribution in [1.29, 1.82) is 0 Å². The fourth-order valence-corrected chi connectivity index (χ4v) is 10.1. The summed E-state index contributed by atoms with van der Waals surface area (Å²) in [6.07, 6.45) is 85.0. The Labute approximate surface area is 512 Å². The molecule has 0 aliphatic carbocycles. The maximum atomic E-state index is 13.6. The van der Waals surface area contributed by atoms with Crippen molar-refractivity contribution in [2.45, 2.75) is 303 Å². The average Bonchev–Trinajstić information content (AvgIpc) is 3.47. The normalized spacial score (nSPS) is 14.3. The number of phosphoric acid groups is 1. The molecule has 0 fully saturated rings. The number of hydrogen-bond acceptors (Lipinski definition) is 7. The van der Waals surface area contributed by atoms with E-state index in [-0.39, 0.29) is 18.9 Å². The predicted octanol–water partition coefficient (Wildman–Crippen LogP) is 21.0. The van der Waals surface area contributed by atoms with Gasteiger partial charge in [0.25, 0.3) is 7.82 Å². The van der Waals surface area contributed by atoms with Crippen molar-refractivity contribution in [2.24, 2.45) is 0 Å². The summed E-state index contributed by atoms with van der Waals surface area (Å²) < 4.78 is 30.3. The first-order valence-corrected chi connectivity index (χ1v) is 35.7. The van der Waals surface area contributed by atoms with Crippen molar-refractivity contribution < 1.29 is 37.3 Å². The fourth-order valence-electron chi connectivity index (χ4n) is 9.38. The van der Waals surface area contributed by atoms with E-state index < -0.39 is 32.5 Å². The highest BCUT2D eigenvalue weighted by Crippen LogP contribution is 2.38. The van der Waals surface area contributed by atoms with Crippen LogP contribution in [0.5, 0.6) is 0 Å². The van der Waals surface area contributed by atoms with E-state index in [4.69, 9.17) is 13.8 Å². The van der Waals surface area contributed by atoms with Crippen LogP contribution in [0.1, 0.15) is 290 Å². The zero-order valence-electron chi connectivity index (χ0n) is 54.6. The van der Waals surface area contributed by atoms with Crippen molar-refractivity contribution in [3.05, 3.63) is 109 Å². The number of ether oxygens (including phenoxy) is 1. The van der Waals surface area contributed by atoms with Crippen LogP contribution in [-0.4, -0.2) is 69.4 Å². The Balaban J connectivity index is 5.18. The second-order valence-electron chi connectivity index (χ2n) is 24.0. The molecule has 10 heteroatoms. The lowest BCUT2D eigenvalue weighted by Crippen LogP contribution is -2.47. The number of carbonyl (C=O) groups is 2. The van der Waals surface area contributed by atoms with Crippen LogP contribution in [0.3, 0.4) is 0 Å². The number of nitrogens with zero attached hydrogens (tertiary/aromatic N) is 1. The van der Waals surface area contributed by atoms with Gasteiger partial charge in [0.05, 0.1) is 33.8 Å². The Hall–Kier alpha value is -3.33. The van der Waals surface area contributed by atoms with Gasteiger partial charge in [-0.2, -0.15) is 0 Å². The zero-order chi connectivity index (χ0) is 60.7. The molecule has 1 amide bonds. The molecule has 0 spiro atoms. The van der Waals surface area contributed by atoms with E-state index in [1.165, 1.54) is 154 Å². The molecular weight excluding hydrogens is 1050 g/mol. The highest BCUT2D eigenvalue weighted by molar-refractivity contribution is 7.45. The Morgan fingerprint density at radius 2 is 0.747 bits per heavy atom. The number of quaternary nitrogens is 1. The van der Waals surface area contributed by atoms with Gasteiger partial charge in [-0.25, -0.2) is 0 Å². The third kappa shape index (κ3) is 63.0. The zero-order valence-corrected chi connectivity index (χ0v) is 55.5. The van der Waals surface area contributed by atoms with E-state index in [0.29, 0.717) is 23.9 Å². The van der Waals surface area contributed by atoms with Gasteiger partial charge in [-0.1, -0.05) is 272 Å². The number of esters is 1. The summed E-state index contributed by atoms with van der Waals surface area (Å²) in [6, 6.07) is -0.919. The van der Waals surface area contributed by atoms with Crippen molar-refractivity contribution in [2.75, 3.05) is 40.9 Å². The Kier molecular flexibility index (Phi) is 59.3. The molecular formula is C73H129N2O7P. The summed E-state index contributed by atoms with van der Waals surface area (Å²) in [5.41, 5.74) is 0. The van der Waals surface area contributed by atoms with Gasteiger partial charge in [-0.15, -0.1) is 0 Å². The summed E-state index contributed by atoms with van der Waals surface area (Å²) >= 11 is 0. The summed E-state index contributed by atoms with van der Waals surface area (Å²) in [4.78, 5) is 40.1. The SMILES string of the molecule is CCCCC/C=C\C/C=C\C/C=C\C/C=C\CCCCCCCCCCCCCC(=O)NC(COP(=O)([O-])OCC[N+](C)(C)C)C(/C=C\CCCCCCCCCCCCC)OC(=O)CCC/C=C\C/C=C\C/C=C\C/C=C\CCCCC. The first-order valence-electron chi connectivity index (χ1n) is 34.2. The van der Waals surface area contributed by atoms with Crippen molar-refractivity contribution in [3.63, 3.8) is 0 Å². The van der Waals surface area contributed by atoms with Gasteiger partial charge in [0.2, 0.25) is 5.91 Å². The molecule has 0 aromatic rings. The van der Waals surface area contributed by atoms with Gasteiger partial charge < -0.3 is 28.5 Å². The minimum atomic E-state index is -4.72. The number of unbranched alkanes of at least 4 members (excludes halogenated alkanes) is 29. The van der Waals surface area contributed by atoms with Gasteiger partial charge >= 0.3 is 5.97 Å². The number of rotatable bonds is 61. The standard InChI is InChI=1S/C73H129N2O7P/c1-7-10-13-16-19-22-25-28-30-32-33-34-35-36-37-38-39-40-41-43-44-47-50-53-56-59-62-65-72(76)74-70(69-81-83(78,79)80-68-67-75(4,5)6)71(64-61-58-55-52-49-46-27-24-21-18-15-12-9-3)82-73(77)66-63-60-57-54-51-48-45-42-31-29-26-23-20-17-14-11-8-2/h19-20,22-23,28-31,33-34,36-37,45,48,54,57,61,64,70-71H,7-18,21,24-27,32,35,38-44,46-47,49-53,55-56,58-60,62-63,65-69H2,1-6H3,(H-,74,76,78,79)/b22-19-,23-20-,30-28-,31-29-,34-33-,37-36-,48-45-,57-54-,64-61-. The van der Waals surface area contributed by atoms with Crippen LogP contribution in [-0.2, 0) is 27.9 Å². The largest absolute Gasteiger partial charge is 0.756 e. The minimum absolute atomic E-state index is 0.0359. The molecule has 1 N–H and O–H groups in total. The highest BCUT2D eigenvalue weighted by Gasteiger charge is 2.27. The number of amides is 1. The van der Waals surface area contributed by atoms with Gasteiger partial charge in [-0.3, -0.25) is 14.2 Å². The Bertz CT molecular complexity index is 1790. The van der Waals surface area contributed by atoms with Crippen molar-refractivity contribution >= 4 is 19.7 Å². The van der Waals surface area contributed by atoms with Crippen LogP contribution in [0.4, 0.5) is 0 Å². The number of phosphoric ester groups is 1. The Morgan fingerprint density at radius 1 is 0.422 bits per heavy atom. The lowest BCUT2D eigenvalue weighted by atomic mass is 10.0. The summed E-state index contributed by atoms with van der Waals surface area (Å²) in [5.74, 6) is -0.611. The first kappa shape index (κ1) is 79.7. The second kappa shape index (κ2) is 61.7. The second-order valence-corrected chi connectivity index (χ2v) is 25.4. The fraction of sp³-hybridized carbons (Fsp3) is 0.726. The molecule has 0 aromatic heterocycles. The van der Waals surface area contributed by atoms with E-state index in [1.807, 2.05) is 33.3 Å². The molecule has 0 radical (unpaired) electrons. The van der Waals surface area contributed by atoms with E-state index in [1.54, 1.807) is 0 Å². The molecule has 0 aliphatic heterocycles. The molecule has 83 heavy (non-hydrogen) atoms. The molecule has 0 aromatic carbocycles. The van der Waals surface area contributed by atoms with Gasteiger partial charge in [0, 0.05) is 12.8 Å². The van der Waals surface area contributed by atoms with Crippen LogP contribution in [0, 0.1) is 0 Å². The maximum absolute atomic E-state index is 13.6. The maximum Gasteiger partial charge on any atom is 0.306 e. The van der Waals surface area contributed by atoms with Crippen LogP contribution in [0.25, 0.3) is 0 Å².